The number of carbonyl (C=O) groups is 1. The molecule has 2 rings (SSSR count). The fourth-order valence-electron chi connectivity index (χ4n) is 4.69. The van der Waals surface area contributed by atoms with Gasteiger partial charge in [-0.05, 0) is 57.9 Å². The van der Waals surface area contributed by atoms with Gasteiger partial charge in [0, 0.05) is 18.8 Å². The Balaban J connectivity index is 2.19. The lowest BCUT2D eigenvalue weighted by molar-refractivity contribution is -0.145. The molecule has 0 aromatic carbocycles. The van der Waals surface area contributed by atoms with Crippen LogP contribution in [-0.4, -0.2) is 34.0 Å². The van der Waals surface area contributed by atoms with Crippen molar-refractivity contribution in [3.05, 3.63) is 36.0 Å². The van der Waals surface area contributed by atoms with Gasteiger partial charge < -0.3 is 14.9 Å². The third-order valence-electron chi connectivity index (χ3n) is 5.95. The lowest BCUT2D eigenvalue weighted by Gasteiger charge is -2.38. The Labute approximate surface area is 157 Å². The first kappa shape index (κ1) is 20.9. The van der Waals surface area contributed by atoms with Gasteiger partial charge in [-0.1, -0.05) is 36.8 Å². The highest BCUT2D eigenvalue weighted by atomic mass is 16.5. The molecule has 4 heteroatoms. The van der Waals surface area contributed by atoms with Crippen molar-refractivity contribution in [1.29, 1.82) is 0 Å². The average Bonchev–Trinajstić information content (AvgIpc) is 2.73. The zero-order chi connectivity index (χ0) is 19.6. The summed E-state index contributed by atoms with van der Waals surface area (Å²) in [6.45, 7) is 13.5. The second kappa shape index (κ2) is 8.10. The van der Waals surface area contributed by atoms with Gasteiger partial charge in [0.15, 0.2) is 0 Å². The minimum absolute atomic E-state index is 0.0248. The van der Waals surface area contributed by atoms with Crippen LogP contribution in [0, 0.1) is 23.7 Å². The van der Waals surface area contributed by atoms with Gasteiger partial charge in [-0.15, -0.1) is 0 Å². The molecule has 0 radical (unpaired) electrons. The second-order valence-electron chi connectivity index (χ2n) is 8.59. The molecule has 0 aromatic rings. The third kappa shape index (κ3) is 4.66. The molecule has 0 spiro atoms. The van der Waals surface area contributed by atoms with Crippen molar-refractivity contribution in [1.82, 2.24) is 0 Å². The van der Waals surface area contributed by atoms with E-state index in [4.69, 9.17) is 4.74 Å². The average molecular weight is 363 g/mol. The molecule has 2 aliphatic rings. The molecule has 146 valence electrons. The van der Waals surface area contributed by atoms with Gasteiger partial charge in [0.25, 0.3) is 0 Å². The summed E-state index contributed by atoms with van der Waals surface area (Å²) < 4.78 is 5.46. The number of hydrogen-bond acceptors (Lipinski definition) is 4. The zero-order valence-corrected chi connectivity index (χ0v) is 16.7. The predicted molar refractivity (Wildman–Crippen MR) is 103 cm³/mol. The maximum atomic E-state index is 11.4. The normalized spacial score (nSPS) is 36.0. The minimum Gasteiger partial charge on any atom is -0.458 e. The number of aliphatic hydroxyl groups excluding tert-OH is 1. The Morgan fingerprint density at radius 3 is 2.69 bits per heavy atom. The van der Waals surface area contributed by atoms with Crippen LogP contribution in [0.15, 0.2) is 36.0 Å². The van der Waals surface area contributed by atoms with Crippen molar-refractivity contribution in [2.45, 2.75) is 71.7 Å². The lowest BCUT2D eigenvalue weighted by atomic mass is 9.73. The standard InChI is InChI=1S/C22H34O4/c1-13(2)11-17(26-16(5)23)12-15(4)19-8-7-14(3)18-9-10-22(6,25)20(18)21(19)24/h9-11,15,17-21,24-25H,3,7-8,12H2,1-2,4-6H3/t15?,17?,18-,19-,20+,21+,22?/m0/s1. The van der Waals surface area contributed by atoms with E-state index in [1.54, 1.807) is 13.0 Å². The van der Waals surface area contributed by atoms with Gasteiger partial charge in [-0.2, -0.15) is 0 Å². The van der Waals surface area contributed by atoms with Gasteiger partial charge >= 0.3 is 5.97 Å². The van der Waals surface area contributed by atoms with Crippen LogP contribution in [0.2, 0.25) is 0 Å². The fraction of sp³-hybridized carbons (Fsp3) is 0.682. The summed E-state index contributed by atoms with van der Waals surface area (Å²) in [4.78, 5) is 11.4. The van der Waals surface area contributed by atoms with Gasteiger partial charge in [-0.3, -0.25) is 4.79 Å². The van der Waals surface area contributed by atoms with E-state index in [2.05, 4.69) is 13.5 Å². The summed E-state index contributed by atoms with van der Waals surface area (Å²) in [5.74, 6) is -0.359. The smallest absolute Gasteiger partial charge is 0.303 e. The number of fused-ring (bicyclic) bond motifs is 1. The summed E-state index contributed by atoms with van der Waals surface area (Å²) in [6, 6.07) is 0. The molecule has 26 heavy (non-hydrogen) atoms. The highest BCUT2D eigenvalue weighted by molar-refractivity contribution is 5.66. The Morgan fingerprint density at radius 2 is 2.12 bits per heavy atom. The maximum Gasteiger partial charge on any atom is 0.303 e. The summed E-state index contributed by atoms with van der Waals surface area (Å²) in [6.07, 6.45) is 7.19. The summed E-state index contributed by atoms with van der Waals surface area (Å²) in [5, 5.41) is 21.9. The van der Waals surface area contributed by atoms with Crippen LogP contribution in [0.4, 0.5) is 0 Å². The Hall–Kier alpha value is -1.39. The number of aliphatic hydroxyl groups is 2. The molecule has 2 N–H and O–H groups in total. The largest absolute Gasteiger partial charge is 0.458 e. The molecule has 2 aliphatic carbocycles. The predicted octanol–water partition coefficient (Wildman–Crippen LogP) is 3.79. The summed E-state index contributed by atoms with van der Waals surface area (Å²) >= 11 is 0. The molecule has 0 amide bonds. The van der Waals surface area contributed by atoms with Crippen molar-refractivity contribution in [3.8, 4) is 0 Å². The molecule has 7 atom stereocenters. The van der Waals surface area contributed by atoms with Crippen molar-refractivity contribution in [2.24, 2.45) is 23.7 Å². The van der Waals surface area contributed by atoms with Crippen LogP contribution in [0.3, 0.4) is 0 Å². The number of allylic oxidation sites excluding steroid dienone is 3. The van der Waals surface area contributed by atoms with E-state index in [1.807, 2.05) is 26.0 Å². The van der Waals surface area contributed by atoms with Crippen LogP contribution in [0.1, 0.15) is 53.9 Å². The Bertz CT molecular complexity index is 597. The van der Waals surface area contributed by atoms with Crippen molar-refractivity contribution in [3.63, 3.8) is 0 Å². The highest BCUT2D eigenvalue weighted by Gasteiger charge is 2.49. The maximum absolute atomic E-state index is 11.4. The van der Waals surface area contributed by atoms with Gasteiger partial charge in [-0.25, -0.2) is 0 Å². The molecule has 4 nitrogen and oxygen atoms in total. The topological polar surface area (TPSA) is 66.8 Å². The van der Waals surface area contributed by atoms with Crippen LogP contribution < -0.4 is 0 Å². The molecule has 3 unspecified atom stereocenters. The zero-order valence-electron chi connectivity index (χ0n) is 16.7. The van der Waals surface area contributed by atoms with E-state index in [1.165, 1.54) is 6.92 Å². The third-order valence-corrected chi connectivity index (χ3v) is 5.95. The SMILES string of the molecule is C=C1CC[C@@H](C(C)CC(C=C(C)C)OC(C)=O)[C@@H](O)[C@H]2[C@H]1C=CC2(C)O. The van der Waals surface area contributed by atoms with Crippen LogP contribution >= 0.6 is 0 Å². The first-order chi connectivity index (χ1) is 12.0. The van der Waals surface area contributed by atoms with Gasteiger partial charge in [0.1, 0.15) is 6.10 Å². The highest BCUT2D eigenvalue weighted by Crippen LogP contribution is 2.48. The summed E-state index contributed by atoms with van der Waals surface area (Å²) in [7, 11) is 0. The molecule has 0 bridgehead atoms. The van der Waals surface area contributed by atoms with E-state index in [9.17, 15) is 15.0 Å². The van der Waals surface area contributed by atoms with E-state index < -0.39 is 11.7 Å². The van der Waals surface area contributed by atoms with Crippen LogP contribution in [0.5, 0.6) is 0 Å². The lowest BCUT2D eigenvalue weighted by Crippen LogP contribution is -2.45. The number of rotatable bonds is 5. The van der Waals surface area contributed by atoms with E-state index in [0.717, 1.165) is 24.0 Å². The molecular formula is C22H34O4. The molecule has 0 heterocycles. The Kier molecular flexibility index (Phi) is 6.51. The monoisotopic (exact) mass is 362 g/mol. The molecule has 0 saturated heterocycles. The fourth-order valence-corrected chi connectivity index (χ4v) is 4.69. The van der Waals surface area contributed by atoms with Crippen molar-refractivity contribution >= 4 is 5.97 Å². The van der Waals surface area contributed by atoms with E-state index in [0.29, 0.717) is 6.42 Å². The number of esters is 1. The quantitative estimate of drug-likeness (QED) is 0.577. The first-order valence-electron chi connectivity index (χ1n) is 9.62. The minimum atomic E-state index is -1.02. The summed E-state index contributed by atoms with van der Waals surface area (Å²) in [5.41, 5.74) is 1.16. The molecular weight excluding hydrogens is 328 g/mol. The van der Waals surface area contributed by atoms with E-state index >= 15 is 0 Å². The number of ether oxygens (including phenoxy) is 1. The number of carbonyl (C=O) groups excluding carboxylic acids is 1. The van der Waals surface area contributed by atoms with Gasteiger partial charge in [0.05, 0.1) is 11.7 Å². The van der Waals surface area contributed by atoms with Crippen LogP contribution in [-0.2, 0) is 9.53 Å². The first-order valence-corrected chi connectivity index (χ1v) is 9.62. The molecule has 1 fully saturated rings. The molecule has 1 saturated carbocycles. The van der Waals surface area contributed by atoms with E-state index in [-0.39, 0.29) is 35.7 Å². The Morgan fingerprint density at radius 1 is 1.46 bits per heavy atom. The van der Waals surface area contributed by atoms with Crippen molar-refractivity contribution in [2.75, 3.05) is 0 Å². The van der Waals surface area contributed by atoms with Crippen LogP contribution in [0.25, 0.3) is 0 Å². The molecule has 0 aliphatic heterocycles. The van der Waals surface area contributed by atoms with Crippen molar-refractivity contribution < 1.29 is 19.7 Å². The molecule has 0 aromatic heterocycles. The van der Waals surface area contributed by atoms with Gasteiger partial charge in [0.2, 0.25) is 0 Å². The second-order valence-corrected chi connectivity index (χ2v) is 8.59. The number of hydrogen-bond donors (Lipinski definition) is 2.